The zero-order valence-electron chi connectivity index (χ0n) is 9.24. The van der Waals surface area contributed by atoms with Crippen molar-refractivity contribution in [1.82, 2.24) is 10.3 Å². The number of hydrogen-bond donors (Lipinski definition) is 1. The smallest absolute Gasteiger partial charge is 0.251 e. The van der Waals surface area contributed by atoms with Crippen LogP contribution < -0.4 is 5.32 Å². The van der Waals surface area contributed by atoms with Crippen LogP contribution in [-0.4, -0.2) is 10.9 Å². The highest BCUT2D eigenvalue weighted by atomic mass is 35.5. The molecule has 88 valence electrons. The number of benzene rings is 1. The second kappa shape index (κ2) is 5.01. The van der Waals surface area contributed by atoms with Crippen molar-refractivity contribution in [3.8, 4) is 0 Å². The molecule has 1 heterocycles. The Kier molecular flexibility index (Phi) is 3.44. The van der Waals surface area contributed by atoms with Crippen LogP contribution in [0.1, 0.15) is 22.0 Å². The number of rotatable bonds is 3. The van der Waals surface area contributed by atoms with Crippen LogP contribution in [0.25, 0.3) is 0 Å². The zero-order valence-corrected chi connectivity index (χ0v) is 9.99. The number of aromatic nitrogens is 1. The van der Waals surface area contributed by atoms with Gasteiger partial charge in [-0.15, -0.1) is 0 Å². The lowest BCUT2D eigenvalue weighted by molar-refractivity contribution is 0.0947. The maximum Gasteiger partial charge on any atom is 0.251 e. The Balaban J connectivity index is 1.95. The lowest BCUT2D eigenvalue weighted by atomic mass is 10.2. The van der Waals surface area contributed by atoms with Gasteiger partial charge in [0.25, 0.3) is 5.91 Å². The lowest BCUT2D eigenvalue weighted by Crippen LogP contribution is -2.22. The van der Waals surface area contributed by atoms with E-state index in [9.17, 15) is 4.79 Å². The van der Waals surface area contributed by atoms with E-state index in [-0.39, 0.29) is 12.5 Å². The summed E-state index contributed by atoms with van der Waals surface area (Å²) in [5.74, 6) is 1.03. The highest BCUT2D eigenvalue weighted by molar-refractivity contribution is 6.30. The lowest BCUT2D eigenvalue weighted by Gasteiger charge is -2.02. The van der Waals surface area contributed by atoms with Gasteiger partial charge in [-0.2, -0.15) is 0 Å². The first-order valence-corrected chi connectivity index (χ1v) is 5.48. The van der Waals surface area contributed by atoms with E-state index in [2.05, 4.69) is 10.3 Å². The molecular formula is C12H11ClN2O2. The molecule has 2 aromatic rings. The summed E-state index contributed by atoms with van der Waals surface area (Å²) in [6.07, 6.45) is 1.61. The molecule has 5 heteroatoms. The Labute approximate surface area is 104 Å². The molecule has 2 rings (SSSR count). The van der Waals surface area contributed by atoms with Crippen molar-refractivity contribution in [3.05, 3.63) is 52.7 Å². The number of carbonyl (C=O) groups excluding carboxylic acids is 1. The molecule has 0 spiro atoms. The first-order valence-electron chi connectivity index (χ1n) is 5.10. The van der Waals surface area contributed by atoms with Gasteiger partial charge in [0, 0.05) is 10.6 Å². The summed E-state index contributed by atoms with van der Waals surface area (Å²) in [7, 11) is 0. The van der Waals surface area contributed by atoms with Crippen molar-refractivity contribution in [3.63, 3.8) is 0 Å². The summed E-state index contributed by atoms with van der Waals surface area (Å²) in [6.45, 7) is 2.08. The fourth-order valence-electron chi connectivity index (χ4n) is 1.34. The summed E-state index contributed by atoms with van der Waals surface area (Å²) in [5, 5.41) is 3.31. The average molecular weight is 251 g/mol. The summed E-state index contributed by atoms with van der Waals surface area (Å²) in [6, 6.07) is 6.68. The summed E-state index contributed by atoms with van der Waals surface area (Å²) in [4.78, 5) is 15.7. The quantitative estimate of drug-likeness (QED) is 0.911. The van der Waals surface area contributed by atoms with Gasteiger partial charge in [-0.05, 0) is 31.2 Å². The van der Waals surface area contributed by atoms with Crippen molar-refractivity contribution in [2.24, 2.45) is 0 Å². The number of hydrogen-bond acceptors (Lipinski definition) is 3. The van der Waals surface area contributed by atoms with Gasteiger partial charge in [0.2, 0.25) is 5.89 Å². The van der Waals surface area contributed by atoms with Crippen molar-refractivity contribution in [1.29, 1.82) is 0 Å². The third-order valence-electron chi connectivity index (χ3n) is 2.18. The molecule has 1 N–H and O–H groups in total. The van der Waals surface area contributed by atoms with Gasteiger partial charge in [0.1, 0.15) is 5.76 Å². The molecule has 0 aliphatic carbocycles. The van der Waals surface area contributed by atoms with Crippen LogP contribution in [0, 0.1) is 6.92 Å². The molecule has 0 unspecified atom stereocenters. The fourth-order valence-corrected chi connectivity index (χ4v) is 1.47. The highest BCUT2D eigenvalue weighted by Gasteiger charge is 2.06. The van der Waals surface area contributed by atoms with E-state index in [0.717, 1.165) is 5.76 Å². The minimum absolute atomic E-state index is 0.183. The molecule has 0 bridgehead atoms. The number of halogens is 1. The zero-order chi connectivity index (χ0) is 12.3. The molecule has 1 amide bonds. The van der Waals surface area contributed by atoms with Crippen molar-refractivity contribution < 1.29 is 9.21 Å². The van der Waals surface area contributed by atoms with E-state index in [1.54, 1.807) is 37.4 Å². The monoisotopic (exact) mass is 250 g/mol. The molecule has 0 aliphatic rings. The standard InChI is InChI=1S/C12H11ClN2O2/c1-8-6-14-11(17-8)7-15-12(16)9-2-4-10(13)5-3-9/h2-6H,7H2,1H3,(H,15,16). The first-order chi connectivity index (χ1) is 8.15. The van der Waals surface area contributed by atoms with Crippen molar-refractivity contribution in [2.75, 3.05) is 0 Å². The van der Waals surface area contributed by atoms with Gasteiger partial charge in [-0.3, -0.25) is 4.79 Å². The van der Waals surface area contributed by atoms with E-state index in [1.807, 2.05) is 0 Å². The van der Waals surface area contributed by atoms with Crippen LogP contribution in [0.3, 0.4) is 0 Å². The number of oxazole rings is 1. The third kappa shape index (κ3) is 3.07. The molecular weight excluding hydrogens is 240 g/mol. The fraction of sp³-hybridized carbons (Fsp3) is 0.167. The minimum Gasteiger partial charge on any atom is -0.444 e. The SMILES string of the molecule is Cc1cnc(CNC(=O)c2ccc(Cl)cc2)o1. The number of nitrogens with one attached hydrogen (secondary N) is 1. The molecule has 0 aliphatic heterocycles. The first kappa shape index (κ1) is 11.7. The Morgan fingerprint density at radius 2 is 2.12 bits per heavy atom. The maximum atomic E-state index is 11.7. The van der Waals surface area contributed by atoms with Gasteiger partial charge in [0.15, 0.2) is 0 Å². The molecule has 0 fully saturated rings. The summed E-state index contributed by atoms with van der Waals surface area (Å²) in [5.41, 5.74) is 0.553. The van der Waals surface area contributed by atoms with Gasteiger partial charge >= 0.3 is 0 Å². The largest absolute Gasteiger partial charge is 0.444 e. The summed E-state index contributed by atoms with van der Waals surface area (Å²) < 4.78 is 5.24. The average Bonchev–Trinajstić information content (AvgIpc) is 2.73. The molecule has 0 radical (unpaired) electrons. The van der Waals surface area contributed by atoms with Crippen molar-refractivity contribution >= 4 is 17.5 Å². The normalized spacial score (nSPS) is 10.2. The van der Waals surface area contributed by atoms with E-state index in [4.69, 9.17) is 16.0 Å². The van der Waals surface area contributed by atoms with Crippen LogP contribution in [0.5, 0.6) is 0 Å². The molecule has 1 aromatic carbocycles. The van der Waals surface area contributed by atoms with Crippen LogP contribution in [0.2, 0.25) is 5.02 Å². The molecule has 4 nitrogen and oxygen atoms in total. The van der Waals surface area contributed by atoms with Crippen LogP contribution in [0.4, 0.5) is 0 Å². The summed E-state index contributed by atoms with van der Waals surface area (Å²) >= 11 is 5.74. The van der Waals surface area contributed by atoms with Crippen LogP contribution >= 0.6 is 11.6 Å². The second-order valence-corrected chi connectivity index (χ2v) is 3.99. The maximum absolute atomic E-state index is 11.7. The van der Waals surface area contributed by atoms with Gasteiger partial charge < -0.3 is 9.73 Å². The van der Waals surface area contributed by atoms with Gasteiger partial charge in [-0.1, -0.05) is 11.6 Å². The number of nitrogens with zero attached hydrogens (tertiary/aromatic N) is 1. The van der Waals surface area contributed by atoms with Crippen LogP contribution in [0.15, 0.2) is 34.9 Å². The van der Waals surface area contributed by atoms with E-state index in [1.165, 1.54) is 0 Å². The van der Waals surface area contributed by atoms with E-state index in [0.29, 0.717) is 16.5 Å². The van der Waals surface area contributed by atoms with Crippen molar-refractivity contribution in [2.45, 2.75) is 13.5 Å². The second-order valence-electron chi connectivity index (χ2n) is 3.55. The van der Waals surface area contributed by atoms with E-state index < -0.39 is 0 Å². The predicted octanol–water partition coefficient (Wildman–Crippen LogP) is 2.57. The van der Waals surface area contributed by atoms with Gasteiger partial charge in [-0.25, -0.2) is 4.98 Å². The highest BCUT2D eigenvalue weighted by Crippen LogP contribution is 2.09. The number of aryl methyl sites for hydroxylation is 1. The number of carbonyl (C=O) groups is 1. The molecule has 1 aromatic heterocycles. The Morgan fingerprint density at radius 3 is 2.71 bits per heavy atom. The van der Waals surface area contributed by atoms with Crippen LogP contribution in [-0.2, 0) is 6.54 Å². The Bertz CT molecular complexity index is 520. The van der Waals surface area contributed by atoms with Gasteiger partial charge in [0.05, 0.1) is 12.7 Å². The minimum atomic E-state index is -0.183. The number of amides is 1. The molecule has 0 saturated carbocycles. The Hall–Kier alpha value is -1.81. The molecule has 17 heavy (non-hydrogen) atoms. The topological polar surface area (TPSA) is 55.1 Å². The molecule has 0 saturated heterocycles. The van der Waals surface area contributed by atoms with E-state index >= 15 is 0 Å². The third-order valence-corrected chi connectivity index (χ3v) is 2.43. The molecule has 0 atom stereocenters. The predicted molar refractivity (Wildman–Crippen MR) is 63.9 cm³/mol. The Morgan fingerprint density at radius 1 is 1.41 bits per heavy atom.